The average Bonchev–Trinajstić information content (AvgIpc) is 3.29. The van der Waals surface area contributed by atoms with E-state index in [0.717, 1.165) is 43.9 Å². The molecule has 1 aliphatic rings. The predicted octanol–water partition coefficient (Wildman–Crippen LogP) is 4.60. The summed E-state index contributed by atoms with van der Waals surface area (Å²) in [6.45, 7) is 2.77. The van der Waals surface area contributed by atoms with E-state index in [1.165, 1.54) is 5.56 Å². The number of likely N-dealkylation sites (tertiary alicyclic amines) is 1. The molecule has 1 aliphatic heterocycles. The van der Waals surface area contributed by atoms with Gasteiger partial charge in [-0.2, -0.15) is 0 Å². The maximum Gasteiger partial charge on any atom is 0.258 e. The number of nitrogens with zero attached hydrogens (tertiary/aromatic N) is 2. The summed E-state index contributed by atoms with van der Waals surface area (Å²) in [6.07, 6.45) is 5.36. The number of carbonyl (C=O) groups is 1. The molecule has 4 rings (SSSR count). The third-order valence-corrected chi connectivity index (χ3v) is 5.48. The van der Waals surface area contributed by atoms with Crippen molar-refractivity contribution in [3.05, 3.63) is 84.3 Å². The molecule has 1 amide bonds. The minimum Gasteiger partial charge on any atom is -0.497 e. The van der Waals surface area contributed by atoms with Gasteiger partial charge in [-0.15, -0.1) is 0 Å². The second kappa shape index (κ2) is 8.97. The van der Waals surface area contributed by atoms with E-state index in [0.29, 0.717) is 5.56 Å². The fourth-order valence-corrected chi connectivity index (χ4v) is 3.95. The molecule has 0 atom stereocenters. The summed E-state index contributed by atoms with van der Waals surface area (Å²) in [6, 6.07) is 19.4. The Labute approximate surface area is 171 Å². The van der Waals surface area contributed by atoms with Crippen LogP contribution in [-0.4, -0.2) is 37.0 Å². The third-order valence-electron chi connectivity index (χ3n) is 5.48. The van der Waals surface area contributed by atoms with Gasteiger partial charge in [-0.3, -0.25) is 9.69 Å². The van der Waals surface area contributed by atoms with E-state index in [1.807, 2.05) is 65.6 Å². The minimum absolute atomic E-state index is 0.0344. The molecule has 150 valence electrons. The zero-order valence-corrected chi connectivity index (χ0v) is 16.7. The van der Waals surface area contributed by atoms with Crippen LogP contribution >= 0.6 is 0 Å². The van der Waals surface area contributed by atoms with E-state index in [1.54, 1.807) is 19.6 Å². The molecule has 1 saturated heterocycles. The number of methoxy groups -OCH3 is 1. The quantitative estimate of drug-likeness (QED) is 0.617. The Balaban J connectivity index is 1.55. The highest BCUT2D eigenvalue weighted by Gasteiger charge is 2.30. The smallest absolute Gasteiger partial charge is 0.258 e. The van der Waals surface area contributed by atoms with Gasteiger partial charge in [-0.05, 0) is 43.2 Å². The van der Waals surface area contributed by atoms with Crippen molar-refractivity contribution in [1.29, 1.82) is 0 Å². The summed E-state index contributed by atoms with van der Waals surface area (Å²) in [5.41, 5.74) is 2.77. The third kappa shape index (κ3) is 4.51. The number of hydrogen-bond acceptors (Lipinski definition) is 4. The lowest BCUT2D eigenvalue weighted by molar-refractivity contribution is 0.0958. The van der Waals surface area contributed by atoms with E-state index in [-0.39, 0.29) is 11.9 Å². The summed E-state index contributed by atoms with van der Waals surface area (Å²) in [4.78, 5) is 17.8. The first-order chi connectivity index (χ1) is 14.2. The molecule has 0 bridgehead atoms. The Bertz CT molecular complexity index is 916. The van der Waals surface area contributed by atoms with Crippen LogP contribution in [-0.2, 0) is 6.54 Å². The standard InChI is InChI=1S/C24H26N2O3/c1-28-23-9-5-8-22(16-23)26(24(27)20-6-3-2-4-7-20)21-10-13-25(14-11-21)17-19-12-15-29-18-19/h2-9,12,15-16,18,21H,10-11,13-14,17H2,1H3. The number of ether oxygens (including phenoxy) is 1. The van der Waals surface area contributed by atoms with Gasteiger partial charge in [0.1, 0.15) is 5.75 Å². The lowest BCUT2D eigenvalue weighted by Crippen LogP contribution is -2.47. The number of furan rings is 1. The minimum atomic E-state index is 0.0344. The van der Waals surface area contributed by atoms with Crippen LogP contribution in [0.1, 0.15) is 28.8 Å². The highest BCUT2D eigenvalue weighted by atomic mass is 16.5. The summed E-state index contributed by atoms with van der Waals surface area (Å²) < 4.78 is 10.6. The highest BCUT2D eigenvalue weighted by molar-refractivity contribution is 6.06. The Morgan fingerprint density at radius 2 is 1.90 bits per heavy atom. The van der Waals surface area contributed by atoms with Gasteiger partial charge < -0.3 is 14.1 Å². The van der Waals surface area contributed by atoms with E-state index in [2.05, 4.69) is 4.90 Å². The molecule has 1 aromatic heterocycles. The average molecular weight is 390 g/mol. The molecule has 2 aromatic carbocycles. The Hall–Kier alpha value is -3.05. The molecule has 5 heteroatoms. The monoisotopic (exact) mass is 390 g/mol. The van der Waals surface area contributed by atoms with Gasteiger partial charge in [0.05, 0.1) is 19.6 Å². The lowest BCUT2D eigenvalue weighted by atomic mass is 10.00. The molecule has 0 N–H and O–H groups in total. The van der Waals surface area contributed by atoms with Crippen molar-refractivity contribution in [2.75, 3.05) is 25.1 Å². The molecule has 0 aliphatic carbocycles. The number of amides is 1. The van der Waals surface area contributed by atoms with Crippen molar-refractivity contribution in [2.45, 2.75) is 25.4 Å². The zero-order valence-electron chi connectivity index (χ0n) is 16.7. The Morgan fingerprint density at radius 1 is 1.10 bits per heavy atom. The molecule has 1 fully saturated rings. The van der Waals surface area contributed by atoms with E-state index < -0.39 is 0 Å². The number of benzene rings is 2. The topological polar surface area (TPSA) is 45.9 Å². The number of anilines is 1. The van der Waals surface area contributed by atoms with Crippen LogP contribution in [0.25, 0.3) is 0 Å². The van der Waals surface area contributed by atoms with Crippen LogP contribution in [0.5, 0.6) is 5.75 Å². The Morgan fingerprint density at radius 3 is 2.59 bits per heavy atom. The predicted molar refractivity (Wildman–Crippen MR) is 113 cm³/mol. The van der Waals surface area contributed by atoms with Crippen molar-refractivity contribution in [2.24, 2.45) is 0 Å². The first-order valence-electron chi connectivity index (χ1n) is 10.0. The van der Waals surface area contributed by atoms with Crippen LogP contribution in [0.3, 0.4) is 0 Å². The molecular weight excluding hydrogens is 364 g/mol. The largest absolute Gasteiger partial charge is 0.497 e. The van der Waals surface area contributed by atoms with Crippen LogP contribution in [0.2, 0.25) is 0 Å². The summed E-state index contributed by atoms with van der Waals surface area (Å²) in [7, 11) is 1.65. The van der Waals surface area contributed by atoms with Crippen molar-refractivity contribution in [3.8, 4) is 5.75 Å². The fraction of sp³-hybridized carbons (Fsp3) is 0.292. The summed E-state index contributed by atoms with van der Waals surface area (Å²) in [5.74, 6) is 0.790. The molecule has 0 unspecified atom stereocenters. The van der Waals surface area contributed by atoms with Crippen molar-refractivity contribution >= 4 is 11.6 Å². The van der Waals surface area contributed by atoms with Crippen LogP contribution in [0.15, 0.2) is 77.6 Å². The van der Waals surface area contributed by atoms with Crippen LogP contribution < -0.4 is 9.64 Å². The SMILES string of the molecule is COc1cccc(N(C(=O)c2ccccc2)C2CCN(Cc3ccoc3)CC2)c1. The fourth-order valence-electron chi connectivity index (χ4n) is 3.95. The summed E-state index contributed by atoms with van der Waals surface area (Å²) in [5, 5.41) is 0. The van der Waals surface area contributed by atoms with Crippen LogP contribution in [0, 0.1) is 0 Å². The van der Waals surface area contributed by atoms with E-state index in [9.17, 15) is 4.79 Å². The first kappa shape index (κ1) is 19.3. The highest BCUT2D eigenvalue weighted by Crippen LogP contribution is 2.29. The number of carbonyl (C=O) groups excluding carboxylic acids is 1. The molecular formula is C24H26N2O3. The lowest BCUT2D eigenvalue weighted by Gasteiger charge is -2.38. The van der Waals surface area contributed by atoms with Crippen molar-refractivity contribution < 1.29 is 13.9 Å². The second-order valence-corrected chi connectivity index (χ2v) is 7.38. The maximum absolute atomic E-state index is 13.4. The van der Waals surface area contributed by atoms with Gasteiger partial charge in [0, 0.05) is 48.6 Å². The van der Waals surface area contributed by atoms with Gasteiger partial charge in [0.15, 0.2) is 0 Å². The molecule has 29 heavy (non-hydrogen) atoms. The van der Waals surface area contributed by atoms with Gasteiger partial charge in [0.25, 0.3) is 5.91 Å². The van der Waals surface area contributed by atoms with Gasteiger partial charge in [-0.1, -0.05) is 24.3 Å². The zero-order chi connectivity index (χ0) is 20.1. The number of rotatable bonds is 6. The molecule has 0 radical (unpaired) electrons. The maximum atomic E-state index is 13.4. The van der Waals surface area contributed by atoms with Crippen molar-refractivity contribution in [1.82, 2.24) is 4.90 Å². The van der Waals surface area contributed by atoms with E-state index in [4.69, 9.17) is 9.15 Å². The molecule has 3 aromatic rings. The molecule has 0 spiro atoms. The Kier molecular flexibility index (Phi) is 5.96. The van der Waals surface area contributed by atoms with Gasteiger partial charge in [0.2, 0.25) is 0 Å². The van der Waals surface area contributed by atoms with Crippen molar-refractivity contribution in [3.63, 3.8) is 0 Å². The van der Waals surface area contributed by atoms with Gasteiger partial charge in [-0.25, -0.2) is 0 Å². The first-order valence-corrected chi connectivity index (χ1v) is 10.0. The van der Waals surface area contributed by atoms with E-state index >= 15 is 0 Å². The van der Waals surface area contributed by atoms with Crippen LogP contribution in [0.4, 0.5) is 5.69 Å². The molecule has 0 saturated carbocycles. The summed E-state index contributed by atoms with van der Waals surface area (Å²) >= 11 is 0. The molecule has 5 nitrogen and oxygen atoms in total. The normalized spacial score (nSPS) is 15.2. The number of hydrogen-bond donors (Lipinski definition) is 0. The number of piperidine rings is 1. The van der Waals surface area contributed by atoms with Gasteiger partial charge >= 0.3 is 0 Å². The second-order valence-electron chi connectivity index (χ2n) is 7.38. The molecule has 2 heterocycles.